The molecule has 2 aromatic heterocycles. The van der Waals surface area contributed by atoms with Crippen molar-refractivity contribution in [1.29, 1.82) is 0 Å². The number of anilines is 1. The highest BCUT2D eigenvalue weighted by Crippen LogP contribution is 2.34. The van der Waals surface area contributed by atoms with Gasteiger partial charge in [0, 0.05) is 5.56 Å². The summed E-state index contributed by atoms with van der Waals surface area (Å²) in [4.78, 5) is 4.19. The summed E-state index contributed by atoms with van der Waals surface area (Å²) >= 11 is 1.55. The highest BCUT2D eigenvalue weighted by molar-refractivity contribution is 7.17. The van der Waals surface area contributed by atoms with Gasteiger partial charge in [0.05, 0.1) is 27.7 Å². The van der Waals surface area contributed by atoms with E-state index in [1.807, 2.05) is 11.4 Å². The number of pyridine rings is 1. The lowest BCUT2D eigenvalue weighted by molar-refractivity contribution is 0.0811. The minimum Gasteiger partial charge on any atom is -0.397 e. The van der Waals surface area contributed by atoms with Gasteiger partial charge in [-0.25, -0.2) is 0 Å². The topological polar surface area (TPSA) is 59.1 Å². The SMILES string of the molecule is CC(C)(O)c1c(N)cnc2ccsc12. The third-order valence-corrected chi connectivity index (χ3v) is 3.04. The lowest BCUT2D eigenvalue weighted by Crippen LogP contribution is -2.18. The number of rotatable bonds is 1. The Bertz CT molecular complexity index is 470. The van der Waals surface area contributed by atoms with Gasteiger partial charge in [-0.05, 0) is 25.3 Å². The van der Waals surface area contributed by atoms with Crippen molar-refractivity contribution in [2.24, 2.45) is 0 Å². The van der Waals surface area contributed by atoms with E-state index in [1.165, 1.54) is 0 Å². The maximum Gasteiger partial charge on any atom is 0.0875 e. The summed E-state index contributed by atoms with van der Waals surface area (Å²) in [6.45, 7) is 3.47. The van der Waals surface area contributed by atoms with Crippen LogP contribution in [0.25, 0.3) is 10.2 Å². The molecule has 0 saturated carbocycles. The van der Waals surface area contributed by atoms with Crippen molar-refractivity contribution < 1.29 is 5.11 Å². The molecule has 2 rings (SSSR count). The monoisotopic (exact) mass is 208 g/mol. The van der Waals surface area contributed by atoms with Gasteiger partial charge in [-0.15, -0.1) is 11.3 Å². The Morgan fingerprint density at radius 3 is 2.86 bits per heavy atom. The van der Waals surface area contributed by atoms with Crippen LogP contribution in [-0.4, -0.2) is 10.1 Å². The Kier molecular flexibility index (Phi) is 1.97. The highest BCUT2D eigenvalue weighted by Gasteiger charge is 2.23. The first kappa shape index (κ1) is 9.43. The molecule has 14 heavy (non-hydrogen) atoms. The van der Waals surface area contributed by atoms with E-state index < -0.39 is 5.60 Å². The molecule has 0 radical (unpaired) electrons. The van der Waals surface area contributed by atoms with E-state index in [4.69, 9.17) is 5.73 Å². The smallest absolute Gasteiger partial charge is 0.0875 e. The quantitative estimate of drug-likeness (QED) is 0.754. The summed E-state index contributed by atoms with van der Waals surface area (Å²) in [7, 11) is 0. The predicted octanol–water partition coefficient (Wildman–Crippen LogP) is 2.11. The van der Waals surface area contributed by atoms with Gasteiger partial charge < -0.3 is 10.8 Å². The fourth-order valence-corrected chi connectivity index (χ4v) is 2.62. The fraction of sp³-hybridized carbons (Fsp3) is 0.300. The number of fused-ring (bicyclic) bond motifs is 1. The van der Waals surface area contributed by atoms with E-state index in [0.29, 0.717) is 5.69 Å². The molecular weight excluding hydrogens is 196 g/mol. The van der Waals surface area contributed by atoms with Crippen LogP contribution in [0.5, 0.6) is 0 Å². The maximum atomic E-state index is 9.99. The molecule has 0 aliphatic carbocycles. The van der Waals surface area contributed by atoms with Crippen LogP contribution in [0.15, 0.2) is 17.6 Å². The van der Waals surface area contributed by atoms with E-state index in [1.54, 1.807) is 31.4 Å². The first-order chi connectivity index (χ1) is 6.50. The van der Waals surface area contributed by atoms with Gasteiger partial charge in [0.25, 0.3) is 0 Å². The average molecular weight is 208 g/mol. The normalized spacial score (nSPS) is 12.2. The van der Waals surface area contributed by atoms with Crippen molar-refractivity contribution in [1.82, 2.24) is 4.98 Å². The number of hydrogen-bond acceptors (Lipinski definition) is 4. The zero-order valence-electron chi connectivity index (χ0n) is 8.11. The largest absolute Gasteiger partial charge is 0.397 e. The molecule has 0 atom stereocenters. The Morgan fingerprint density at radius 2 is 2.21 bits per heavy atom. The van der Waals surface area contributed by atoms with Gasteiger partial charge in [0.15, 0.2) is 0 Å². The first-order valence-corrected chi connectivity index (χ1v) is 5.22. The third-order valence-electron chi connectivity index (χ3n) is 2.11. The molecule has 0 aliphatic rings. The average Bonchev–Trinajstić information content (AvgIpc) is 2.48. The number of hydrogen-bond donors (Lipinski definition) is 2. The van der Waals surface area contributed by atoms with Gasteiger partial charge >= 0.3 is 0 Å². The summed E-state index contributed by atoms with van der Waals surface area (Å²) in [6.07, 6.45) is 1.60. The molecule has 3 nitrogen and oxygen atoms in total. The molecule has 0 aromatic carbocycles. The molecule has 74 valence electrons. The summed E-state index contributed by atoms with van der Waals surface area (Å²) < 4.78 is 0.970. The lowest BCUT2D eigenvalue weighted by Gasteiger charge is -2.20. The molecule has 2 aromatic rings. The van der Waals surface area contributed by atoms with Crippen LogP contribution >= 0.6 is 11.3 Å². The van der Waals surface area contributed by atoms with Gasteiger partial charge in [0.1, 0.15) is 0 Å². The van der Waals surface area contributed by atoms with Gasteiger partial charge in [-0.1, -0.05) is 0 Å². The molecule has 3 N–H and O–H groups in total. The fourth-order valence-electron chi connectivity index (χ4n) is 1.56. The molecule has 0 saturated heterocycles. The Labute approximate surface area is 86.2 Å². The number of aromatic nitrogens is 1. The summed E-state index contributed by atoms with van der Waals surface area (Å²) in [6, 6.07) is 1.93. The predicted molar refractivity (Wildman–Crippen MR) is 59.3 cm³/mol. The van der Waals surface area contributed by atoms with Crippen molar-refractivity contribution in [3.05, 3.63) is 23.2 Å². The zero-order chi connectivity index (χ0) is 10.3. The summed E-state index contributed by atoms with van der Waals surface area (Å²) in [5.74, 6) is 0. The molecule has 0 fully saturated rings. The maximum absolute atomic E-state index is 9.99. The van der Waals surface area contributed by atoms with E-state index in [-0.39, 0.29) is 0 Å². The summed E-state index contributed by atoms with van der Waals surface area (Å²) in [5.41, 5.74) is 7.11. The van der Waals surface area contributed by atoms with E-state index >= 15 is 0 Å². The second-order valence-electron chi connectivity index (χ2n) is 3.78. The van der Waals surface area contributed by atoms with Crippen molar-refractivity contribution in [2.45, 2.75) is 19.4 Å². The Hall–Kier alpha value is -1.13. The molecule has 2 heterocycles. The Morgan fingerprint density at radius 1 is 1.50 bits per heavy atom. The molecule has 0 bridgehead atoms. The molecule has 4 heteroatoms. The number of thiophene rings is 1. The minimum absolute atomic E-state index is 0.549. The molecule has 0 amide bonds. The van der Waals surface area contributed by atoms with Crippen LogP contribution in [0.1, 0.15) is 19.4 Å². The second-order valence-corrected chi connectivity index (χ2v) is 4.70. The van der Waals surface area contributed by atoms with Crippen LogP contribution < -0.4 is 5.73 Å². The van der Waals surface area contributed by atoms with Crippen molar-refractivity contribution in [2.75, 3.05) is 5.73 Å². The number of nitrogens with zero attached hydrogens (tertiary/aromatic N) is 1. The van der Waals surface area contributed by atoms with Crippen LogP contribution in [0, 0.1) is 0 Å². The van der Waals surface area contributed by atoms with Crippen molar-refractivity contribution in [3.63, 3.8) is 0 Å². The van der Waals surface area contributed by atoms with Gasteiger partial charge in [-0.3, -0.25) is 4.98 Å². The Balaban J connectivity index is 2.83. The van der Waals surface area contributed by atoms with Crippen molar-refractivity contribution in [3.8, 4) is 0 Å². The molecule has 0 aliphatic heterocycles. The van der Waals surface area contributed by atoms with Crippen molar-refractivity contribution >= 4 is 27.2 Å². The number of aliphatic hydroxyl groups is 1. The van der Waals surface area contributed by atoms with E-state index in [2.05, 4.69) is 4.98 Å². The van der Waals surface area contributed by atoms with Crippen LogP contribution in [0.4, 0.5) is 5.69 Å². The second kappa shape index (κ2) is 2.93. The first-order valence-electron chi connectivity index (χ1n) is 4.34. The number of nitrogens with two attached hydrogens (primary N) is 1. The van der Waals surface area contributed by atoms with Gasteiger partial charge in [0.2, 0.25) is 0 Å². The van der Waals surface area contributed by atoms with E-state index in [9.17, 15) is 5.11 Å². The molecule has 0 spiro atoms. The zero-order valence-corrected chi connectivity index (χ0v) is 8.93. The highest BCUT2D eigenvalue weighted by atomic mass is 32.1. The van der Waals surface area contributed by atoms with Gasteiger partial charge in [-0.2, -0.15) is 0 Å². The van der Waals surface area contributed by atoms with Crippen LogP contribution in [0.3, 0.4) is 0 Å². The van der Waals surface area contributed by atoms with Crippen LogP contribution in [0.2, 0.25) is 0 Å². The third kappa shape index (κ3) is 1.36. The number of nitrogen functional groups attached to an aromatic ring is 1. The lowest BCUT2D eigenvalue weighted by atomic mass is 9.97. The molecular formula is C10H12N2OS. The minimum atomic E-state index is -0.921. The standard InChI is InChI=1S/C10H12N2OS/c1-10(2,13)8-6(11)5-12-7-3-4-14-9(7)8/h3-5,13H,11H2,1-2H3. The summed E-state index contributed by atoms with van der Waals surface area (Å²) in [5, 5.41) is 11.9. The van der Waals surface area contributed by atoms with E-state index in [0.717, 1.165) is 15.8 Å². The molecule has 0 unspecified atom stereocenters. The van der Waals surface area contributed by atoms with Crippen LogP contribution in [-0.2, 0) is 5.60 Å².